The van der Waals surface area contributed by atoms with E-state index in [1.54, 1.807) is 0 Å². The van der Waals surface area contributed by atoms with Crippen molar-refractivity contribution >= 4 is 0 Å². The predicted octanol–water partition coefficient (Wildman–Crippen LogP) is 3.50. The Morgan fingerprint density at radius 3 is 1.59 bits per heavy atom. The summed E-state index contributed by atoms with van der Waals surface area (Å²) in [6, 6.07) is 19.4. The summed E-state index contributed by atoms with van der Waals surface area (Å²) >= 11 is 0. The van der Waals surface area contributed by atoms with Crippen molar-refractivity contribution in [2.75, 3.05) is 0 Å². The highest BCUT2D eigenvalue weighted by Crippen LogP contribution is 2.30. The van der Waals surface area contributed by atoms with Crippen LogP contribution in [0, 0.1) is 0 Å². The molecule has 0 aliphatic rings. The van der Waals surface area contributed by atoms with E-state index >= 15 is 0 Å². The van der Waals surface area contributed by atoms with Gasteiger partial charge in [-0.3, -0.25) is 0 Å². The van der Waals surface area contributed by atoms with E-state index in [-0.39, 0.29) is 0 Å². The van der Waals surface area contributed by atoms with Crippen LogP contribution in [0.25, 0.3) is 0 Å². The predicted molar refractivity (Wildman–Crippen MR) is 70.7 cm³/mol. The molecule has 0 aliphatic heterocycles. The van der Waals surface area contributed by atoms with Gasteiger partial charge in [0.25, 0.3) is 0 Å². The van der Waals surface area contributed by atoms with Gasteiger partial charge in [-0.25, -0.2) is 0 Å². The zero-order valence-corrected chi connectivity index (χ0v) is 9.88. The zero-order chi connectivity index (χ0) is 12.1. The third-order valence-corrected chi connectivity index (χ3v) is 2.84. The third-order valence-electron chi connectivity index (χ3n) is 2.84. The molecule has 0 bridgehead atoms. The molecule has 1 N–H and O–H groups in total. The molecule has 0 atom stereocenters. The van der Waals surface area contributed by atoms with Gasteiger partial charge < -0.3 is 5.11 Å². The molecular weight excluding hydrogens is 208 g/mol. The largest absolute Gasteiger partial charge is 0.377 e. The summed E-state index contributed by atoms with van der Waals surface area (Å²) in [5, 5.41) is 10.9. The number of rotatable bonds is 3. The molecule has 17 heavy (non-hydrogen) atoms. The number of hydrogen-bond acceptors (Lipinski definition) is 1. The van der Waals surface area contributed by atoms with Crippen LogP contribution < -0.4 is 0 Å². The summed E-state index contributed by atoms with van der Waals surface area (Å²) in [5.41, 5.74) is 0.714. The Hall–Kier alpha value is -1.86. The first-order chi connectivity index (χ1) is 8.27. The molecule has 0 unspecified atom stereocenters. The van der Waals surface area contributed by atoms with Gasteiger partial charge in [0.2, 0.25) is 0 Å². The molecule has 0 fully saturated rings. The smallest absolute Gasteiger partial charge is 0.133 e. The maximum Gasteiger partial charge on any atom is 0.133 e. The lowest BCUT2D eigenvalue weighted by molar-refractivity contribution is 0.134. The fraction of sp³-hybridized carbons (Fsp3) is 0.125. The second kappa shape index (κ2) is 4.98. The van der Waals surface area contributed by atoms with E-state index in [2.05, 4.69) is 0 Å². The van der Waals surface area contributed by atoms with Crippen molar-refractivity contribution in [3.63, 3.8) is 0 Å². The van der Waals surface area contributed by atoms with Crippen LogP contribution in [0.1, 0.15) is 18.1 Å². The molecule has 2 aromatic rings. The van der Waals surface area contributed by atoms with E-state index in [0.29, 0.717) is 0 Å². The van der Waals surface area contributed by atoms with Gasteiger partial charge in [-0.2, -0.15) is 0 Å². The lowest BCUT2D eigenvalue weighted by Crippen LogP contribution is -2.24. The van der Waals surface area contributed by atoms with Crippen LogP contribution in [0.15, 0.2) is 72.8 Å². The molecule has 0 spiro atoms. The van der Waals surface area contributed by atoms with Crippen LogP contribution in [0.4, 0.5) is 0 Å². The van der Waals surface area contributed by atoms with E-state index in [9.17, 15) is 5.11 Å². The van der Waals surface area contributed by atoms with Crippen LogP contribution in [0.3, 0.4) is 0 Å². The highest BCUT2D eigenvalue weighted by Gasteiger charge is 2.27. The Morgan fingerprint density at radius 1 is 0.824 bits per heavy atom. The summed E-state index contributed by atoms with van der Waals surface area (Å²) in [7, 11) is 0. The Balaban J connectivity index is 2.55. The highest BCUT2D eigenvalue weighted by molar-refractivity contribution is 5.40. The number of hydrogen-bond donors (Lipinski definition) is 1. The van der Waals surface area contributed by atoms with E-state index in [4.69, 9.17) is 0 Å². The fourth-order valence-corrected chi connectivity index (χ4v) is 1.98. The first-order valence-corrected chi connectivity index (χ1v) is 5.74. The van der Waals surface area contributed by atoms with Gasteiger partial charge in [-0.15, -0.1) is 0 Å². The number of allylic oxidation sites excluding steroid dienone is 1. The third kappa shape index (κ3) is 2.29. The second-order valence-electron chi connectivity index (χ2n) is 4.00. The van der Waals surface area contributed by atoms with Gasteiger partial charge in [0.05, 0.1) is 0 Å². The lowest BCUT2D eigenvalue weighted by atomic mass is 9.86. The molecule has 0 saturated heterocycles. The van der Waals surface area contributed by atoms with Crippen molar-refractivity contribution in [1.29, 1.82) is 0 Å². The van der Waals surface area contributed by atoms with E-state index in [1.165, 1.54) is 0 Å². The first kappa shape index (κ1) is 11.6. The van der Waals surface area contributed by atoms with Crippen molar-refractivity contribution in [3.8, 4) is 0 Å². The van der Waals surface area contributed by atoms with Gasteiger partial charge >= 0.3 is 0 Å². The normalized spacial score (nSPS) is 11.9. The van der Waals surface area contributed by atoms with Crippen LogP contribution in [0.5, 0.6) is 0 Å². The monoisotopic (exact) mass is 224 g/mol. The minimum absolute atomic E-state index is 0.879. The topological polar surface area (TPSA) is 20.2 Å². The molecule has 86 valence electrons. The van der Waals surface area contributed by atoms with Crippen molar-refractivity contribution in [1.82, 2.24) is 0 Å². The average Bonchev–Trinajstić information content (AvgIpc) is 2.41. The summed E-state index contributed by atoms with van der Waals surface area (Å²) in [4.78, 5) is 0. The van der Waals surface area contributed by atoms with Gasteiger partial charge in [0.15, 0.2) is 0 Å². The zero-order valence-electron chi connectivity index (χ0n) is 9.88. The van der Waals surface area contributed by atoms with Crippen LogP contribution in [-0.2, 0) is 5.60 Å². The molecule has 0 saturated carbocycles. The standard InChI is InChI=1S/C16H16O/c1-2-13-16(17,14-9-5-3-6-10-14)15-11-7-4-8-12-15/h2-13,17H,1H3/b13-2+. The highest BCUT2D eigenvalue weighted by atomic mass is 16.3. The van der Waals surface area contributed by atoms with Crippen LogP contribution >= 0.6 is 0 Å². The first-order valence-electron chi connectivity index (χ1n) is 5.74. The minimum Gasteiger partial charge on any atom is -0.377 e. The van der Waals surface area contributed by atoms with Crippen molar-refractivity contribution in [2.24, 2.45) is 0 Å². The fourth-order valence-electron chi connectivity index (χ4n) is 1.98. The summed E-state index contributed by atoms with van der Waals surface area (Å²) in [5.74, 6) is 0. The summed E-state index contributed by atoms with van der Waals surface area (Å²) in [6.45, 7) is 1.91. The molecule has 1 heteroatoms. The molecular formula is C16H16O. The Morgan fingerprint density at radius 2 is 1.24 bits per heavy atom. The van der Waals surface area contributed by atoms with Crippen molar-refractivity contribution in [3.05, 3.63) is 83.9 Å². The Bertz CT molecular complexity index is 446. The minimum atomic E-state index is -1.04. The molecule has 1 nitrogen and oxygen atoms in total. The van der Waals surface area contributed by atoms with E-state index in [0.717, 1.165) is 11.1 Å². The summed E-state index contributed by atoms with van der Waals surface area (Å²) < 4.78 is 0. The molecule has 0 heterocycles. The maximum absolute atomic E-state index is 10.9. The van der Waals surface area contributed by atoms with Crippen molar-refractivity contribution < 1.29 is 5.11 Å². The van der Waals surface area contributed by atoms with E-state index < -0.39 is 5.60 Å². The van der Waals surface area contributed by atoms with Crippen LogP contribution in [-0.4, -0.2) is 5.11 Å². The quantitative estimate of drug-likeness (QED) is 0.791. The van der Waals surface area contributed by atoms with Gasteiger partial charge in [-0.1, -0.05) is 66.7 Å². The Kier molecular flexibility index (Phi) is 3.40. The number of aliphatic hydroxyl groups is 1. The molecule has 0 radical (unpaired) electrons. The summed E-state index contributed by atoms with van der Waals surface area (Å²) in [6.07, 6.45) is 3.69. The van der Waals surface area contributed by atoms with Crippen LogP contribution in [0.2, 0.25) is 0 Å². The molecule has 2 aromatic carbocycles. The van der Waals surface area contributed by atoms with Gasteiger partial charge in [0.1, 0.15) is 5.60 Å². The SMILES string of the molecule is C/C=C/C(O)(c1ccccc1)c1ccccc1. The van der Waals surface area contributed by atoms with E-state index in [1.807, 2.05) is 79.7 Å². The lowest BCUT2D eigenvalue weighted by Gasteiger charge is -2.25. The molecule has 0 aliphatic carbocycles. The average molecular weight is 224 g/mol. The molecule has 2 rings (SSSR count). The molecule has 0 amide bonds. The number of benzene rings is 2. The maximum atomic E-state index is 10.9. The second-order valence-corrected chi connectivity index (χ2v) is 4.00. The van der Waals surface area contributed by atoms with Gasteiger partial charge in [-0.05, 0) is 24.1 Å². The Labute approximate surface area is 102 Å². The molecule has 0 aromatic heterocycles. The van der Waals surface area contributed by atoms with Crippen molar-refractivity contribution in [2.45, 2.75) is 12.5 Å². The van der Waals surface area contributed by atoms with Gasteiger partial charge in [0, 0.05) is 0 Å².